The lowest BCUT2D eigenvalue weighted by Crippen LogP contribution is -1.95. The highest BCUT2D eigenvalue weighted by Gasteiger charge is 2.07. The number of H-pyrrole nitrogens is 2. The maximum Gasteiger partial charge on any atom is 0.352 e. The minimum atomic E-state index is -0.976. The van der Waals surface area contributed by atoms with Gasteiger partial charge in [0.25, 0.3) is 0 Å². The topological polar surface area (TPSA) is 81.8 Å². The maximum absolute atomic E-state index is 10.4. The van der Waals surface area contributed by atoms with E-state index in [1.165, 1.54) is 12.4 Å². The molecule has 0 aliphatic rings. The second-order valence-corrected chi connectivity index (χ2v) is 2.15. The van der Waals surface area contributed by atoms with Gasteiger partial charge in [-0.15, -0.1) is 0 Å². The van der Waals surface area contributed by atoms with Crippen molar-refractivity contribution in [3.63, 3.8) is 0 Å². The number of carbonyl (C=O) groups is 1. The molecule has 0 spiro atoms. The van der Waals surface area contributed by atoms with Crippen LogP contribution < -0.4 is 0 Å². The van der Waals surface area contributed by atoms with Gasteiger partial charge in [0.15, 0.2) is 5.65 Å². The zero-order chi connectivity index (χ0) is 7.84. The Labute approximate surface area is 61.1 Å². The number of rotatable bonds is 1. The highest BCUT2D eigenvalue weighted by Crippen LogP contribution is 2.09. The van der Waals surface area contributed by atoms with E-state index in [4.69, 9.17) is 5.11 Å². The van der Waals surface area contributed by atoms with Gasteiger partial charge in [0.1, 0.15) is 5.69 Å². The Bertz CT molecular complexity index is 372. The van der Waals surface area contributed by atoms with Crippen LogP contribution in [0.1, 0.15) is 10.5 Å². The predicted molar refractivity (Wildman–Crippen MR) is 37.4 cm³/mol. The van der Waals surface area contributed by atoms with Crippen molar-refractivity contribution in [3.05, 3.63) is 18.1 Å². The zero-order valence-corrected chi connectivity index (χ0v) is 5.46. The molecular weight excluding hydrogens is 146 g/mol. The van der Waals surface area contributed by atoms with Crippen LogP contribution in [0.15, 0.2) is 12.4 Å². The van der Waals surface area contributed by atoms with E-state index in [1.54, 1.807) is 0 Å². The molecule has 0 radical (unpaired) electrons. The van der Waals surface area contributed by atoms with Crippen LogP contribution in [0.5, 0.6) is 0 Å². The van der Waals surface area contributed by atoms with Gasteiger partial charge in [0, 0.05) is 0 Å². The first kappa shape index (κ1) is 5.96. The van der Waals surface area contributed by atoms with E-state index in [1.807, 2.05) is 0 Å². The number of hydrogen-bond donors (Lipinski definition) is 3. The summed E-state index contributed by atoms with van der Waals surface area (Å²) in [6.07, 6.45) is 1.51. The van der Waals surface area contributed by atoms with Crippen molar-refractivity contribution >= 4 is 17.1 Å². The van der Waals surface area contributed by atoms with Crippen LogP contribution in [0, 0.1) is 0 Å². The van der Waals surface area contributed by atoms with Gasteiger partial charge in [0.05, 0.1) is 11.8 Å². The van der Waals surface area contributed by atoms with E-state index >= 15 is 0 Å². The van der Waals surface area contributed by atoms with Crippen LogP contribution in [-0.2, 0) is 0 Å². The predicted octanol–water partition coefficient (Wildman–Crippen LogP) is 0.589. The minimum Gasteiger partial charge on any atom is -0.477 e. The summed E-state index contributed by atoms with van der Waals surface area (Å²) in [6.45, 7) is 0. The van der Waals surface area contributed by atoms with E-state index in [0.717, 1.165) is 0 Å². The van der Waals surface area contributed by atoms with Crippen molar-refractivity contribution in [1.29, 1.82) is 0 Å². The third kappa shape index (κ3) is 0.778. The quantitative estimate of drug-likeness (QED) is 0.557. The van der Waals surface area contributed by atoms with Crippen LogP contribution in [0.2, 0.25) is 0 Å². The van der Waals surface area contributed by atoms with Crippen LogP contribution >= 0.6 is 0 Å². The average molecular weight is 151 g/mol. The van der Waals surface area contributed by atoms with Crippen molar-refractivity contribution in [1.82, 2.24) is 15.0 Å². The first-order valence-corrected chi connectivity index (χ1v) is 3.03. The van der Waals surface area contributed by atoms with E-state index in [9.17, 15) is 4.79 Å². The number of hydrogen-bond acceptors (Lipinski definition) is 2. The molecule has 3 N–H and O–H groups in total. The molecule has 11 heavy (non-hydrogen) atoms. The third-order valence-electron chi connectivity index (χ3n) is 1.44. The SMILES string of the molecule is O=C(O)c1cc2[nH]cnc2[nH]1. The van der Waals surface area contributed by atoms with E-state index in [0.29, 0.717) is 11.2 Å². The normalized spacial score (nSPS) is 10.5. The molecule has 2 aromatic rings. The molecule has 0 fully saturated rings. The average Bonchev–Trinajstić information content (AvgIpc) is 2.40. The number of imidazole rings is 1. The number of fused-ring (bicyclic) bond motifs is 1. The fraction of sp³-hybridized carbons (Fsp3) is 0. The third-order valence-corrected chi connectivity index (χ3v) is 1.44. The van der Waals surface area contributed by atoms with E-state index in [2.05, 4.69) is 15.0 Å². The fourth-order valence-corrected chi connectivity index (χ4v) is 0.937. The number of aromatic nitrogens is 3. The van der Waals surface area contributed by atoms with Crippen molar-refractivity contribution in [2.45, 2.75) is 0 Å². The molecule has 0 unspecified atom stereocenters. The summed E-state index contributed by atoms with van der Waals surface area (Å²) in [5.74, 6) is -0.976. The van der Waals surface area contributed by atoms with Crippen molar-refractivity contribution in [2.24, 2.45) is 0 Å². The van der Waals surface area contributed by atoms with Crippen LogP contribution in [-0.4, -0.2) is 26.0 Å². The Hall–Kier alpha value is -1.78. The maximum atomic E-state index is 10.4. The summed E-state index contributed by atoms with van der Waals surface area (Å²) >= 11 is 0. The number of carboxylic acids is 1. The monoisotopic (exact) mass is 151 g/mol. The van der Waals surface area contributed by atoms with Crippen molar-refractivity contribution < 1.29 is 9.90 Å². The highest BCUT2D eigenvalue weighted by atomic mass is 16.4. The summed E-state index contributed by atoms with van der Waals surface area (Å²) in [6, 6.07) is 1.50. The number of carboxylic acid groups (broad SMARTS) is 1. The Morgan fingerprint density at radius 2 is 2.45 bits per heavy atom. The van der Waals surface area contributed by atoms with Crippen LogP contribution in [0.3, 0.4) is 0 Å². The molecule has 0 bridgehead atoms. The number of nitrogens with one attached hydrogen (secondary N) is 2. The van der Waals surface area contributed by atoms with Crippen LogP contribution in [0.25, 0.3) is 11.2 Å². The number of nitrogens with zero attached hydrogens (tertiary/aromatic N) is 1. The lowest BCUT2D eigenvalue weighted by Gasteiger charge is -1.82. The molecule has 0 saturated carbocycles. The van der Waals surface area contributed by atoms with Gasteiger partial charge in [-0.1, -0.05) is 0 Å². The largest absolute Gasteiger partial charge is 0.477 e. The highest BCUT2D eigenvalue weighted by molar-refractivity contribution is 5.91. The van der Waals surface area contributed by atoms with E-state index < -0.39 is 5.97 Å². The van der Waals surface area contributed by atoms with Gasteiger partial charge in [-0.05, 0) is 6.07 Å². The van der Waals surface area contributed by atoms with Gasteiger partial charge < -0.3 is 15.1 Å². The molecular formula is C6H5N3O2. The Morgan fingerprint density at radius 3 is 3.09 bits per heavy atom. The molecule has 0 aliphatic heterocycles. The molecule has 2 rings (SSSR count). The molecule has 2 heterocycles. The summed E-state index contributed by atoms with van der Waals surface area (Å²) in [5.41, 5.74) is 1.43. The molecule has 2 aromatic heterocycles. The second-order valence-electron chi connectivity index (χ2n) is 2.15. The van der Waals surface area contributed by atoms with Gasteiger partial charge in [-0.25, -0.2) is 9.78 Å². The molecule has 5 heteroatoms. The number of aromatic carboxylic acids is 1. The molecule has 0 amide bonds. The van der Waals surface area contributed by atoms with Crippen molar-refractivity contribution in [2.75, 3.05) is 0 Å². The van der Waals surface area contributed by atoms with Gasteiger partial charge in [-0.2, -0.15) is 0 Å². The van der Waals surface area contributed by atoms with Crippen molar-refractivity contribution in [3.8, 4) is 0 Å². The molecule has 0 atom stereocenters. The zero-order valence-electron chi connectivity index (χ0n) is 5.46. The summed E-state index contributed by atoms with van der Waals surface area (Å²) in [5, 5.41) is 8.53. The molecule has 5 nitrogen and oxygen atoms in total. The molecule has 0 aromatic carbocycles. The Balaban J connectivity index is 2.67. The lowest BCUT2D eigenvalue weighted by atomic mass is 10.4. The molecule has 0 aliphatic carbocycles. The van der Waals surface area contributed by atoms with Crippen LogP contribution in [0.4, 0.5) is 0 Å². The standard InChI is InChI=1S/C6H5N3O2/c10-6(11)4-1-3-5(9-4)8-2-7-3/h1-2,9H,(H,7,8)(H,10,11). The smallest absolute Gasteiger partial charge is 0.352 e. The van der Waals surface area contributed by atoms with Gasteiger partial charge in [-0.3, -0.25) is 0 Å². The summed E-state index contributed by atoms with van der Waals surface area (Å²) in [4.78, 5) is 19.7. The Morgan fingerprint density at radius 1 is 1.64 bits per heavy atom. The Kier molecular flexibility index (Phi) is 1.00. The second kappa shape index (κ2) is 1.85. The molecule has 0 saturated heterocycles. The number of aromatic amines is 2. The van der Waals surface area contributed by atoms with Gasteiger partial charge >= 0.3 is 5.97 Å². The summed E-state index contributed by atoms with van der Waals surface area (Å²) in [7, 11) is 0. The lowest BCUT2D eigenvalue weighted by molar-refractivity contribution is 0.0691. The fourth-order valence-electron chi connectivity index (χ4n) is 0.937. The first-order chi connectivity index (χ1) is 5.27. The van der Waals surface area contributed by atoms with E-state index in [-0.39, 0.29) is 5.69 Å². The summed E-state index contributed by atoms with van der Waals surface area (Å²) < 4.78 is 0. The minimum absolute atomic E-state index is 0.152. The molecule has 56 valence electrons. The van der Waals surface area contributed by atoms with Gasteiger partial charge in [0.2, 0.25) is 0 Å². The first-order valence-electron chi connectivity index (χ1n) is 3.03.